The van der Waals surface area contributed by atoms with E-state index in [1.165, 1.54) is 6.92 Å². The van der Waals surface area contributed by atoms with Crippen LogP contribution in [-0.4, -0.2) is 18.4 Å². The molecule has 0 aliphatic heterocycles. The van der Waals surface area contributed by atoms with Gasteiger partial charge in [0, 0.05) is 32.1 Å². The smallest absolute Gasteiger partial charge is 0.223 e. The minimum absolute atomic E-state index is 0.0560. The van der Waals surface area contributed by atoms with Crippen molar-refractivity contribution in [2.45, 2.75) is 33.7 Å². The fourth-order valence-electron chi connectivity index (χ4n) is 2.57. The maximum atomic E-state index is 12.1. The second-order valence-electron chi connectivity index (χ2n) is 5.90. The number of nitrogens with zero attached hydrogens (tertiary/aromatic N) is 1. The highest BCUT2D eigenvalue weighted by atomic mass is 16.2. The zero-order valence-corrected chi connectivity index (χ0v) is 14.5. The largest absolute Gasteiger partial charge is 0.352 e. The molecule has 2 aromatic carbocycles. The molecule has 126 valence electrons. The first-order valence-corrected chi connectivity index (χ1v) is 8.14. The van der Waals surface area contributed by atoms with Crippen LogP contribution in [0.5, 0.6) is 0 Å². The van der Waals surface area contributed by atoms with Crippen molar-refractivity contribution in [3.05, 3.63) is 65.2 Å². The Morgan fingerprint density at radius 3 is 2.38 bits per heavy atom. The highest BCUT2D eigenvalue weighted by Gasteiger charge is 2.16. The summed E-state index contributed by atoms with van der Waals surface area (Å²) in [5.41, 5.74) is 4.13. The molecule has 24 heavy (non-hydrogen) atoms. The third-order valence-electron chi connectivity index (χ3n) is 4.14. The predicted octanol–water partition coefficient (Wildman–Crippen LogP) is 3.36. The molecule has 0 aliphatic rings. The van der Waals surface area contributed by atoms with Gasteiger partial charge in [-0.05, 0) is 36.6 Å². The van der Waals surface area contributed by atoms with Gasteiger partial charge in [0.25, 0.3) is 0 Å². The molecule has 0 saturated carbocycles. The monoisotopic (exact) mass is 324 g/mol. The highest BCUT2D eigenvalue weighted by molar-refractivity contribution is 5.93. The van der Waals surface area contributed by atoms with E-state index in [0.717, 1.165) is 22.4 Å². The van der Waals surface area contributed by atoms with E-state index in [1.807, 2.05) is 62.4 Å². The number of benzene rings is 2. The molecule has 0 heterocycles. The number of nitrogens with one attached hydrogen (secondary N) is 1. The zero-order chi connectivity index (χ0) is 17.5. The van der Waals surface area contributed by atoms with E-state index in [4.69, 9.17) is 0 Å². The van der Waals surface area contributed by atoms with E-state index in [2.05, 4.69) is 5.32 Å². The van der Waals surface area contributed by atoms with Crippen LogP contribution in [0.3, 0.4) is 0 Å². The molecule has 0 aliphatic carbocycles. The van der Waals surface area contributed by atoms with E-state index in [1.54, 1.807) is 4.90 Å². The fourth-order valence-corrected chi connectivity index (χ4v) is 2.57. The molecule has 4 nitrogen and oxygen atoms in total. The first-order chi connectivity index (χ1) is 11.5. The quantitative estimate of drug-likeness (QED) is 0.886. The Hall–Kier alpha value is -2.62. The molecule has 2 amide bonds. The predicted molar refractivity (Wildman–Crippen MR) is 96.8 cm³/mol. The Kier molecular flexibility index (Phi) is 6.13. The average molecular weight is 324 g/mol. The van der Waals surface area contributed by atoms with Gasteiger partial charge in [0.1, 0.15) is 0 Å². The second-order valence-corrected chi connectivity index (χ2v) is 5.90. The molecule has 0 atom stereocenters. The zero-order valence-electron chi connectivity index (χ0n) is 14.5. The molecule has 0 unspecified atom stereocenters. The van der Waals surface area contributed by atoms with Crippen molar-refractivity contribution >= 4 is 17.5 Å². The highest BCUT2D eigenvalue weighted by Crippen LogP contribution is 2.23. The molecule has 2 rings (SSSR count). The van der Waals surface area contributed by atoms with Crippen LogP contribution in [-0.2, 0) is 16.1 Å². The lowest BCUT2D eigenvalue weighted by Crippen LogP contribution is -2.34. The van der Waals surface area contributed by atoms with Gasteiger partial charge in [0.15, 0.2) is 0 Å². The van der Waals surface area contributed by atoms with Crippen molar-refractivity contribution in [2.75, 3.05) is 11.4 Å². The molecular formula is C20H24N2O2. The van der Waals surface area contributed by atoms with Gasteiger partial charge in [-0.3, -0.25) is 9.59 Å². The minimum atomic E-state index is -0.0598. The van der Waals surface area contributed by atoms with Crippen molar-refractivity contribution in [1.29, 1.82) is 0 Å². The van der Waals surface area contributed by atoms with Crippen LogP contribution in [0.15, 0.2) is 48.5 Å². The van der Waals surface area contributed by atoms with Gasteiger partial charge < -0.3 is 10.2 Å². The van der Waals surface area contributed by atoms with Crippen LogP contribution in [0, 0.1) is 13.8 Å². The van der Waals surface area contributed by atoms with Crippen LogP contribution >= 0.6 is 0 Å². The molecule has 0 fully saturated rings. The van der Waals surface area contributed by atoms with Gasteiger partial charge in [-0.1, -0.05) is 42.5 Å². The molecule has 1 N–H and O–H groups in total. The summed E-state index contributed by atoms with van der Waals surface area (Å²) < 4.78 is 0. The first-order valence-electron chi connectivity index (χ1n) is 8.14. The summed E-state index contributed by atoms with van der Waals surface area (Å²) in [5, 5.41) is 2.89. The number of carbonyl (C=O) groups is 2. The second kappa shape index (κ2) is 8.29. The molecule has 0 radical (unpaired) electrons. The number of hydrogen-bond donors (Lipinski definition) is 1. The Labute approximate surface area is 143 Å². The maximum Gasteiger partial charge on any atom is 0.223 e. The van der Waals surface area contributed by atoms with Gasteiger partial charge in [-0.15, -0.1) is 0 Å². The van der Waals surface area contributed by atoms with Crippen molar-refractivity contribution in [3.8, 4) is 0 Å². The number of anilines is 1. The standard InChI is InChI=1S/C20H24N2O2/c1-15-8-7-11-19(16(15)2)22(17(3)23)13-12-20(24)21-14-18-9-5-4-6-10-18/h4-11H,12-14H2,1-3H3,(H,21,24). The van der Waals surface area contributed by atoms with E-state index < -0.39 is 0 Å². The van der Waals surface area contributed by atoms with E-state index in [9.17, 15) is 9.59 Å². The van der Waals surface area contributed by atoms with Gasteiger partial charge in [0.2, 0.25) is 11.8 Å². The first kappa shape index (κ1) is 17.7. The molecule has 0 saturated heterocycles. The Balaban J connectivity index is 1.95. The normalized spacial score (nSPS) is 10.3. The molecule has 0 spiro atoms. The Morgan fingerprint density at radius 1 is 1.00 bits per heavy atom. The van der Waals surface area contributed by atoms with E-state index in [-0.39, 0.29) is 18.2 Å². The number of hydrogen-bond acceptors (Lipinski definition) is 2. The third-order valence-corrected chi connectivity index (χ3v) is 4.14. The van der Waals surface area contributed by atoms with Gasteiger partial charge in [-0.25, -0.2) is 0 Å². The van der Waals surface area contributed by atoms with Crippen LogP contribution in [0.1, 0.15) is 30.0 Å². The summed E-state index contributed by atoms with van der Waals surface area (Å²) >= 11 is 0. The van der Waals surface area contributed by atoms with Crippen molar-refractivity contribution < 1.29 is 9.59 Å². The third kappa shape index (κ3) is 4.69. The number of rotatable bonds is 6. The summed E-state index contributed by atoms with van der Waals surface area (Å²) in [5.74, 6) is -0.116. The average Bonchev–Trinajstić information content (AvgIpc) is 2.57. The van der Waals surface area contributed by atoms with Crippen LogP contribution in [0.4, 0.5) is 5.69 Å². The van der Waals surface area contributed by atoms with E-state index >= 15 is 0 Å². The number of amides is 2. The van der Waals surface area contributed by atoms with Crippen LogP contribution in [0.2, 0.25) is 0 Å². The minimum Gasteiger partial charge on any atom is -0.352 e. The molecule has 2 aromatic rings. The summed E-state index contributed by atoms with van der Waals surface area (Å²) in [4.78, 5) is 25.7. The molecule has 0 aromatic heterocycles. The Bertz CT molecular complexity index is 711. The van der Waals surface area contributed by atoms with Gasteiger partial charge in [0.05, 0.1) is 0 Å². The summed E-state index contributed by atoms with van der Waals surface area (Å²) in [6.07, 6.45) is 0.278. The molecule has 0 bridgehead atoms. The van der Waals surface area contributed by atoms with Gasteiger partial charge >= 0.3 is 0 Å². The summed E-state index contributed by atoms with van der Waals surface area (Å²) in [7, 11) is 0. The van der Waals surface area contributed by atoms with Crippen molar-refractivity contribution in [1.82, 2.24) is 5.32 Å². The van der Waals surface area contributed by atoms with Crippen molar-refractivity contribution in [2.24, 2.45) is 0 Å². The maximum absolute atomic E-state index is 12.1. The number of aryl methyl sites for hydroxylation is 1. The van der Waals surface area contributed by atoms with Crippen molar-refractivity contribution in [3.63, 3.8) is 0 Å². The lowest BCUT2D eigenvalue weighted by Gasteiger charge is -2.23. The lowest BCUT2D eigenvalue weighted by atomic mass is 10.1. The summed E-state index contributed by atoms with van der Waals surface area (Å²) in [6, 6.07) is 15.6. The Morgan fingerprint density at radius 2 is 1.71 bits per heavy atom. The lowest BCUT2D eigenvalue weighted by molar-refractivity contribution is -0.121. The molecule has 4 heteroatoms. The van der Waals surface area contributed by atoms with Crippen LogP contribution in [0.25, 0.3) is 0 Å². The molecular weight excluding hydrogens is 300 g/mol. The summed E-state index contributed by atoms with van der Waals surface area (Å²) in [6.45, 7) is 6.42. The van der Waals surface area contributed by atoms with Crippen LogP contribution < -0.4 is 10.2 Å². The van der Waals surface area contributed by atoms with Gasteiger partial charge in [-0.2, -0.15) is 0 Å². The SMILES string of the molecule is CC(=O)N(CCC(=O)NCc1ccccc1)c1cccc(C)c1C. The number of carbonyl (C=O) groups excluding carboxylic acids is 2. The fraction of sp³-hybridized carbons (Fsp3) is 0.300. The topological polar surface area (TPSA) is 49.4 Å². The van der Waals surface area contributed by atoms with E-state index in [0.29, 0.717) is 13.1 Å².